The van der Waals surface area contributed by atoms with Gasteiger partial charge in [0.1, 0.15) is 17.3 Å². The third-order valence-electron chi connectivity index (χ3n) is 5.89. The quantitative estimate of drug-likeness (QED) is 0.422. The number of aromatic nitrogens is 3. The second-order valence-corrected chi connectivity index (χ2v) is 9.85. The lowest BCUT2D eigenvalue weighted by molar-refractivity contribution is 0.113. The molecule has 1 aliphatic heterocycles. The zero-order chi connectivity index (χ0) is 23.7. The summed E-state index contributed by atoms with van der Waals surface area (Å²) in [5.41, 5.74) is 2.64. The zero-order valence-corrected chi connectivity index (χ0v) is 20.2. The number of benzene rings is 1. The summed E-state index contributed by atoms with van der Waals surface area (Å²) in [5.74, 6) is 0.911. The molecule has 2 N–H and O–H groups in total. The number of hydrogen-bond donors (Lipinski definition) is 2. The van der Waals surface area contributed by atoms with Crippen LogP contribution in [0.5, 0.6) is 5.75 Å². The summed E-state index contributed by atoms with van der Waals surface area (Å²) in [5, 5.41) is 31.5. The maximum atomic E-state index is 10.6. The highest BCUT2D eigenvalue weighted by Crippen LogP contribution is 2.31. The van der Waals surface area contributed by atoms with Gasteiger partial charge in [-0.1, -0.05) is 12.6 Å². The lowest BCUT2D eigenvalue weighted by Crippen LogP contribution is -2.62. The van der Waals surface area contributed by atoms with E-state index in [1.807, 2.05) is 13.0 Å². The molecule has 0 atom stereocenters. The minimum Gasteiger partial charge on any atom is -0.507 e. The second kappa shape index (κ2) is 8.86. The Morgan fingerprint density at radius 3 is 2.44 bits per heavy atom. The van der Waals surface area contributed by atoms with E-state index in [0.29, 0.717) is 23.0 Å². The molecule has 0 aliphatic carbocycles. The molecule has 0 saturated carbocycles. The van der Waals surface area contributed by atoms with Gasteiger partial charge in [-0.2, -0.15) is 15.0 Å². The standard InChI is InChI=1S/C24H35N7O/c1-9-20(19-11-10-17(12-22(19)32)21-15-25-31(8)28-21)27-26-16(2)30(7)18-13-23(3,4)29-24(5,6)14-18/h9-12,15,18,29,32H,1,13-14H2,2-8H3/b26-16+,27-20+. The molecule has 0 spiro atoms. The summed E-state index contributed by atoms with van der Waals surface area (Å²) in [7, 11) is 3.82. The van der Waals surface area contributed by atoms with Crippen molar-refractivity contribution in [2.24, 2.45) is 17.3 Å². The van der Waals surface area contributed by atoms with Crippen molar-refractivity contribution in [1.29, 1.82) is 0 Å². The van der Waals surface area contributed by atoms with E-state index >= 15 is 0 Å². The lowest BCUT2D eigenvalue weighted by atomic mass is 9.79. The van der Waals surface area contributed by atoms with Gasteiger partial charge in [-0.25, -0.2) is 0 Å². The fraction of sp³-hybridized carbons (Fsp3) is 0.500. The van der Waals surface area contributed by atoms with Gasteiger partial charge in [-0.05, 0) is 65.7 Å². The van der Waals surface area contributed by atoms with Gasteiger partial charge < -0.3 is 15.3 Å². The van der Waals surface area contributed by atoms with Crippen molar-refractivity contribution in [3.63, 3.8) is 0 Å². The normalized spacial score (nSPS) is 19.1. The van der Waals surface area contributed by atoms with E-state index in [4.69, 9.17) is 0 Å². The molecule has 8 heteroatoms. The highest BCUT2D eigenvalue weighted by atomic mass is 16.3. The Balaban J connectivity index is 1.82. The number of rotatable bonds is 5. The van der Waals surface area contributed by atoms with Crippen LogP contribution in [-0.4, -0.2) is 60.7 Å². The predicted octanol–water partition coefficient (Wildman–Crippen LogP) is 3.74. The van der Waals surface area contributed by atoms with Gasteiger partial charge >= 0.3 is 0 Å². The number of aryl methyl sites for hydroxylation is 1. The molecule has 8 nitrogen and oxygen atoms in total. The Morgan fingerprint density at radius 2 is 1.91 bits per heavy atom. The van der Waals surface area contributed by atoms with E-state index < -0.39 is 0 Å². The second-order valence-electron chi connectivity index (χ2n) is 9.85. The Bertz CT molecular complexity index is 1030. The van der Waals surface area contributed by atoms with Crippen molar-refractivity contribution in [2.45, 2.75) is 64.6 Å². The number of amidine groups is 1. The molecular formula is C24H35N7O. The summed E-state index contributed by atoms with van der Waals surface area (Å²) in [4.78, 5) is 3.68. The van der Waals surface area contributed by atoms with Gasteiger partial charge in [0.25, 0.3) is 0 Å². The minimum atomic E-state index is 0.0488. The molecule has 1 aromatic carbocycles. The lowest BCUT2D eigenvalue weighted by Gasteiger charge is -2.49. The molecule has 1 fully saturated rings. The van der Waals surface area contributed by atoms with Crippen LogP contribution in [0.3, 0.4) is 0 Å². The van der Waals surface area contributed by atoms with Crippen molar-refractivity contribution >= 4 is 11.5 Å². The maximum Gasteiger partial charge on any atom is 0.125 e. The first-order valence-corrected chi connectivity index (χ1v) is 10.9. The number of allylic oxidation sites excluding steroid dienone is 1. The molecule has 3 rings (SSSR count). The van der Waals surface area contributed by atoms with E-state index in [0.717, 1.165) is 24.2 Å². The van der Waals surface area contributed by atoms with Gasteiger partial charge in [-0.15, -0.1) is 10.2 Å². The van der Waals surface area contributed by atoms with Crippen LogP contribution in [0.2, 0.25) is 0 Å². The summed E-state index contributed by atoms with van der Waals surface area (Å²) in [6.07, 6.45) is 5.29. The molecule has 2 heterocycles. The summed E-state index contributed by atoms with van der Waals surface area (Å²) in [6.45, 7) is 14.8. The monoisotopic (exact) mass is 437 g/mol. The Hall–Kier alpha value is -3.00. The highest BCUT2D eigenvalue weighted by molar-refractivity contribution is 6.10. The summed E-state index contributed by atoms with van der Waals surface area (Å²) >= 11 is 0. The van der Waals surface area contributed by atoms with Crippen molar-refractivity contribution in [3.8, 4) is 17.0 Å². The fourth-order valence-corrected chi connectivity index (χ4v) is 4.59. The third-order valence-corrected chi connectivity index (χ3v) is 5.89. The van der Waals surface area contributed by atoms with Gasteiger partial charge in [0, 0.05) is 42.3 Å². The summed E-state index contributed by atoms with van der Waals surface area (Å²) in [6, 6.07) is 5.68. The fourth-order valence-electron chi connectivity index (χ4n) is 4.59. The molecule has 0 bridgehead atoms. The predicted molar refractivity (Wildman–Crippen MR) is 130 cm³/mol. The smallest absolute Gasteiger partial charge is 0.125 e. The Kier molecular flexibility index (Phi) is 6.55. The molecule has 1 aromatic heterocycles. The van der Waals surface area contributed by atoms with Crippen LogP contribution in [0.25, 0.3) is 11.3 Å². The molecule has 32 heavy (non-hydrogen) atoms. The number of aromatic hydroxyl groups is 1. The van der Waals surface area contributed by atoms with Gasteiger partial charge in [0.15, 0.2) is 0 Å². The Morgan fingerprint density at radius 1 is 1.25 bits per heavy atom. The zero-order valence-electron chi connectivity index (χ0n) is 20.2. The minimum absolute atomic E-state index is 0.0488. The van der Waals surface area contributed by atoms with Crippen molar-refractivity contribution in [3.05, 3.63) is 42.6 Å². The number of piperidine rings is 1. The number of nitrogens with one attached hydrogen (secondary N) is 1. The molecule has 1 saturated heterocycles. The molecule has 0 radical (unpaired) electrons. The number of phenolic OH excluding ortho intramolecular Hbond substituents is 1. The number of phenols is 1. The third kappa shape index (κ3) is 5.43. The molecule has 0 amide bonds. The largest absolute Gasteiger partial charge is 0.507 e. The molecule has 2 aromatic rings. The molecule has 1 aliphatic rings. The van der Waals surface area contributed by atoms with Gasteiger partial charge in [0.05, 0.1) is 11.9 Å². The summed E-state index contributed by atoms with van der Waals surface area (Å²) < 4.78 is 0. The maximum absolute atomic E-state index is 10.6. The van der Waals surface area contributed by atoms with Crippen molar-refractivity contribution in [1.82, 2.24) is 25.2 Å². The number of hydrogen-bond acceptors (Lipinski definition) is 6. The molecular weight excluding hydrogens is 402 g/mol. The highest BCUT2D eigenvalue weighted by Gasteiger charge is 2.39. The van der Waals surface area contributed by atoms with Crippen molar-refractivity contribution < 1.29 is 5.11 Å². The van der Waals surface area contributed by atoms with E-state index in [1.165, 1.54) is 4.80 Å². The van der Waals surface area contributed by atoms with E-state index in [2.05, 4.69) is 71.9 Å². The van der Waals surface area contributed by atoms with Crippen LogP contribution in [0.15, 0.2) is 47.3 Å². The van der Waals surface area contributed by atoms with Crippen LogP contribution in [-0.2, 0) is 7.05 Å². The first-order valence-electron chi connectivity index (χ1n) is 10.9. The van der Waals surface area contributed by atoms with Crippen molar-refractivity contribution in [2.75, 3.05) is 7.05 Å². The average Bonchev–Trinajstić information content (AvgIpc) is 3.12. The van der Waals surface area contributed by atoms with Crippen LogP contribution in [0.1, 0.15) is 53.0 Å². The van der Waals surface area contributed by atoms with E-state index in [1.54, 1.807) is 31.5 Å². The molecule has 0 unspecified atom stereocenters. The van der Waals surface area contributed by atoms with Crippen LogP contribution >= 0.6 is 0 Å². The number of nitrogens with zero attached hydrogens (tertiary/aromatic N) is 6. The topological polar surface area (TPSA) is 90.9 Å². The first-order chi connectivity index (χ1) is 14.9. The van der Waals surface area contributed by atoms with E-state index in [-0.39, 0.29) is 16.8 Å². The van der Waals surface area contributed by atoms with Crippen LogP contribution in [0.4, 0.5) is 0 Å². The SMILES string of the molecule is C=C/C(=N\N=C(/C)N(C)C1CC(C)(C)NC(C)(C)C1)c1ccc(-c2cnn(C)n2)cc1O. The van der Waals surface area contributed by atoms with Gasteiger partial charge in [-0.3, -0.25) is 0 Å². The molecule has 172 valence electrons. The van der Waals surface area contributed by atoms with E-state index in [9.17, 15) is 5.11 Å². The van der Waals surface area contributed by atoms with Gasteiger partial charge in [0.2, 0.25) is 0 Å². The van der Waals surface area contributed by atoms with Crippen LogP contribution in [0, 0.1) is 0 Å². The Labute approximate surface area is 190 Å². The van der Waals surface area contributed by atoms with Crippen LogP contribution < -0.4 is 5.32 Å². The first kappa shape index (κ1) is 23.7. The average molecular weight is 438 g/mol.